The molecule has 1 N–H and O–H groups in total. The van der Waals surface area contributed by atoms with Gasteiger partial charge >= 0.3 is 17.9 Å². The first-order chi connectivity index (χ1) is 9.51. The highest BCUT2D eigenvalue weighted by atomic mass is 16.6. The van der Waals surface area contributed by atoms with Crippen molar-refractivity contribution in [2.75, 3.05) is 13.7 Å². The van der Waals surface area contributed by atoms with E-state index >= 15 is 0 Å². The molecule has 0 saturated carbocycles. The fraction of sp³-hybridized carbons (Fsp3) is 0.154. The molecule has 0 aliphatic carbocycles. The zero-order chi connectivity index (χ0) is 15.0. The van der Waals surface area contributed by atoms with Crippen molar-refractivity contribution >= 4 is 17.9 Å². The van der Waals surface area contributed by atoms with E-state index in [0.29, 0.717) is 0 Å². The number of phenols is 1. The van der Waals surface area contributed by atoms with Crippen LogP contribution in [-0.4, -0.2) is 36.7 Å². The number of hydrogen-bond acceptors (Lipinski definition) is 7. The lowest BCUT2D eigenvalue weighted by Gasteiger charge is -2.04. The Hall–Kier alpha value is -2.83. The van der Waals surface area contributed by atoms with Gasteiger partial charge in [-0.15, -0.1) is 0 Å². The highest BCUT2D eigenvalue weighted by Gasteiger charge is 2.08. The summed E-state index contributed by atoms with van der Waals surface area (Å²) in [4.78, 5) is 33.1. The second-order valence-corrected chi connectivity index (χ2v) is 3.43. The number of ether oxygens (including phenoxy) is 3. The van der Waals surface area contributed by atoms with E-state index in [2.05, 4.69) is 9.47 Å². The van der Waals surface area contributed by atoms with Gasteiger partial charge in [0.25, 0.3) is 0 Å². The Morgan fingerprint density at radius 2 is 1.70 bits per heavy atom. The van der Waals surface area contributed by atoms with Gasteiger partial charge in [0.1, 0.15) is 11.5 Å². The number of benzene rings is 1. The number of hydrogen-bond donors (Lipinski definition) is 1. The second-order valence-electron chi connectivity index (χ2n) is 3.43. The molecule has 7 nitrogen and oxygen atoms in total. The molecule has 1 aromatic rings. The molecule has 0 heterocycles. The van der Waals surface area contributed by atoms with E-state index in [-0.39, 0.29) is 11.5 Å². The van der Waals surface area contributed by atoms with Crippen molar-refractivity contribution in [2.24, 2.45) is 0 Å². The van der Waals surface area contributed by atoms with Crippen molar-refractivity contribution < 1.29 is 33.7 Å². The molecule has 0 bridgehead atoms. The van der Waals surface area contributed by atoms with Gasteiger partial charge in [-0.2, -0.15) is 0 Å². The minimum Gasteiger partial charge on any atom is -0.508 e. The SMILES string of the molecule is COC(=O)/C=C/C(=O)OCC(=O)Oc1ccc(O)cc1. The van der Waals surface area contributed by atoms with Crippen LogP contribution in [-0.2, 0) is 23.9 Å². The maximum absolute atomic E-state index is 11.3. The molecular formula is C13H12O7. The van der Waals surface area contributed by atoms with Gasteiger partial charge in [-0.05, 0) is 24.3 Å². The smallest absolute Gasteiger partial charge is 0.349 e. The number of phenolic OH excluding ortho intramolecular Hbond substituents is 1. The van der Waals surface area contributed by atoms with Crippen LogP contribution < -0.4 is 4.74 Å². The summed E-state index contributed by atoms with van der Waals surface area (Å²) in [5.74, 6) is -2.15. The van der Waals surface area contributed by atoms with Crippen molar-refractivity contribution in [1.29, 1.82) is 0 Å². The number of methoxy groups -OCH3 is 1. The molecule has 0 saturated heterocycles. The van der Waals surface area contributed by atoms with E-state index in [4.69, 9.17) is 9.84 Å². The third kappa shape index (κ3) is 5.67. The van der Waals surface area contributed by atoms with E-state index in [1.807, 2.05) is 0 Å². The summed E-state index contributed by atoms with van der Waals surface area (Å²) in [5, 5.41) is 9.04. The standard InChI is InChI=1S/C13H12O7/c1-18-11(15)6-7-12(16)19-8-13(17)20-10-4-2-9(14)3-5-10/h2-7,14H,8H2,1H3/b7-6+. The van der Waals surface area contributed by atoms with Gasteiger partial charge in [-0.3, -0.25) is 0 Å². The molecule has 0 unspecified atom stereocenters. The summed E-state index contributed by atoms with van der Waals surface area (Å²) < 4.78 is 13.6. The third-order valence-electron chi connectivity index (χ3n) is 1.96. The predicted molar refractivity (Wildman–Crippen MR) is 65.9 cm³/mol. The van der Waals surface area contributed by atoms with Crippen LogP contribution >= 0.6 is 0 Å². The van der Waals surface area contributed by atoms with Crippen LogP contribution in [0.1, 0.15) is 0 Å². The van der Waals surface area contributed by atoms with Gasteiger partial charge in [-0.1, -0.05) is 0 Å². The molecule has 0 fully saturated rings. The van der Waals surface area contributed by atoms with Gasteiger partial charge in [-0.25, -0.2) is 14.4 Å². The zero-order valence-corrected chi connectivity index (χ0v) is 10.6. The quantitative estimate of drug-likeness (QED) is 0.478. The molecule has 20 heavy (non-hydrogen) atoms. The normalized spacial score (nSPS) is 10.1. The van der Waals surface area contributed by atoms with E-state index < -0.39 is 24.5 Å². The average molecular weight is 280 g/mol. The third-order valence-corrected chi connectivity index (χ3v) is 1.96. The van der Waals surface area contributed by atoms with Crippen molar-refractivity contribution in [1.82, 2.24) is 0 Å². The van der Waals surface area contributed by atoms with E-state index in [1.165, 1.54) is 24.3 Å². The van der Waals surface area contributed by atoms with Crippen LogP contribution in [0.15, 0.2) is 36.4 Å². The highest BCUT2D eigenvalue weighted by Crippen LogP contribution is 2.15. The van der Waals surface area contributed by atoms with Crippen molar-refractivity contribution in [3.05, 3.63) is 36.4 Å². The Labute approximate surface area is 114 Å². The Morgan fingerprint density at radius 1 is 1.10 bits per heavy atom. The number of rotatable bonds is 5. The Kier molecular flexibility index (Phi) is 5.76. The van der Waals surface area contributed by atoms with Gasteiger partial charge in [0, 0.05) is 12.2 Å². The summed E-state index contributed by atoms with van der Waals surface area (Å²) >= 11 is 0. The van der Waals surface area contributed by atoms with Crippen LogP contribution in [0.4, 0.5) is 0 Å². The van der Waals surface area contributed by atoms with E-state index in [9.17, 15) is 14.4 Å². The molecule has 0 aromatic heterocycles. The molecule has 0 spiro atoms. The minimum atomic E-state index is -0.877. The van der Waals surface area contributed by atoms with Gasteiger partial charge in [0.05, 0.1) is 7.11 Å². The van der Waals surface area contributed by atoms with Crippen LogP contribution in [0.25, 0.3) is 0 Å². The fourth-order valence-corrected chi connectivity index (χ4v) is 1.06. The molecule has 0 aliphatic rings. The molecule has 7 heteroatoms. The molecule has 0 atom stereocenters. The molecular weight excluding hydrogens is 268 g/mol. The fourth-order valence-electron chi connectivity index (χ4n) is 1.06. The molecule has 0 amide bonds. The van der Waals surface area contributed by atoms with Crippen molar-refractivity contribution in [2.45, 2.75) is 0 Å². The topological polar surface area (TPSA) is 99.1 Å². The van der Waals surface area contributed by atoms with Crippen LogP contribution in [0.5, 0.6) is 11.5 Å². The van der Waals surface area contributed by atoms with E-state index in [1.54, 1.807) is 0 Å². The summed E-state index contributed by atoms with van der Waals surface area (Å²) in [5.41, 5.74) is 0. The maximum Gasteiger partial charge on any atom is 0.349 e. The largest absolute Gasteiger partial charge is 0.508 e. The zero-order valence-electron chi connectivity index (χ0n) is 10.6. The first-order valence-electron chi connectivity index (χ1n) is 5.44. The lowest BCUT2D eigenvalue weighted by molar-refractivity contribution is -0.150. The molecule has 1 rings (SSSR count). The maximum atomic E-state index is 11.3. The van der Waals surface area contributed by atoms with Crippen LogP contribution in [0, 0.1) is 0 Å². The Morgan fingerprint density at radius 3 is 2.30 bits per heavy atom. The second kappa shape index (κ2) is 7.57. The predicted octanol–water partition coefficient (Wildman–Crippen LogP) is 0.570. The lowest BCUT2D eigenvalue weighted by Crippen LogP contribution is -2.18. The molecule has 106 valence electrons. The van der Waals surface area contributed by atoms with Gasteiger partial charge < -0.3 is 19.3 Å². The summed E-state index contributed by atoms with van der Waals surface area (Å²) in [6.45, 7) is -0.606. The lowest BCUT2D eigenvalue weighted by atomic mass is 10.3. The average Bonchev–Trinajstić information content (AvgIpc) is 2.45. The first-order valence-corrected chi connectivity index (χ1v) is 5.44. The first kappa shape index (κ1) is 15.2. The molecule has 0 aliphatic heterocycles. The summed E-state index contributed by atoms with van der Waals surface area (Å²) in [6, 6.07) is 5.44. The Balaban J connectivity index is 2.36. The molecule has 0 radical (unpaired) electrons. The minimum absolute atomic E-state index is 0.0316. The summed E-state index contributed by atoms with van der Waals surface area (Å²) in [7, 11) is 1.16. The van der Waals surface area contributed by atoms with Crippen molar-refractivity contribution in [3.8, 4) is 11.5 Å². The number of carbonyl (C=O) groups excluding carboxylic acids is 3. The van der Waals surface area contributed by atoms with Gasteiger partial charge in [0.2, 0.25) is 0 Å². The highest BCUT2D eigenvalue weighted by molar-refractivity contribution is 5.92. The number of carbonyl (C=O) groups is 3. The van der Waals surface area contributed by atoms with Crippen molar-refractivity contribution in [3.63, 3.8) is 0 Å². The Bertz CT molecular complexity index is 516. The summed E-state index contributed by atoms with van der Waals surface area (Å²) in [6.07, 6.45) is 1.70. The monoisotopic (exact) mass is 280 g/mol. The van der Waals surface area contributed by atoms with Gasteiger partial charge in [0.15, 0.2) is 6.61 Å². The van der Waals surface area contributed by atoms with Crippen LogP contribution in [0.3, 0.4) is 0 Å². The number of esters is 3. The van der Waals surface area contributed by atoms with E-state index in [0.717, 1.165) is 19.3 Å². The number of aromatic hydroxyl groups is 1. The molecule has 1 aromatic carbocycles. The van der Waals surface area contributed by atoms with Crippen LogP contribution in [0.2, 0.25) is 0 Å².